The van der Waals surface area contributed by atoms with Crippen molar-refractivity contribution in [3.63, 3.8) is 0 Å². The molecule has 0 aliphatic rings. The van der Waals surface area contributed by atoms with E-state index in [2.05, 4.69) is 0 Å². The van der Waals surface area contributed by atoms with E-state index in [1.165, 1.54) is 12.1 Å². The quantitative estimate of drug-likeness (QED) is 0.665. The van der Waals surface area contributed by atoms with E-state index in [9.17, 15) is 17.6 Å². The van der Waals surface area contributed by atoms with Gasteiger partial charge in [-0.15, -0.1) is 0 Å². The number of furan rings is 1. The van der Waals surface area contributed by atoms with Crippen molar-refractivity contribution < 1.29 is 22.0 Å². The van der Waals surface area contributed by atoms with E-state index in [1.54, 1.807) is 0 Å². The fraction of sp³-hybridized carbons (Fsp3) is 0.200. The summed E-state index contributed by atoms with van der Waals surface area (Å²) in [5.74, 6) is -0.652. The zero-order valence-corrected chi connectivity index (χ0v) is 7.44. The third-order valence-electron chi connectivity index (χ3n) is 2.02. The van der Waals surface area contributed by atoms with Crippen molar-refractivity contribution in [2.45, 2.75) is 12.6 Å². The van der Waals surface area contributed by atoms with E-state index in [4.69, 9.17) is 4.42 Å². The van der Waals surface area contributed by atoms with E-state index in [1.807, 2.05) is 0 Å². The molecule has 0 saturated heterocycles. The Balaban J connectivity index is 2.50. The van der Waals surface area contributed by atoms with E-state index >= 15 is 0 Å². The summed E-state index contributed by atoms with van der Waals surface area (Å²) in [7, 11) is 0. The molecule has 0 aliphatic carbocycles. The average Bonchev–Trinajstić information content (AvgIpc) is 2.48. The van der Waals surface area contributed by atoms with Crippen LogP contribution in [0.4, 0.5) is 17.6 Å². The van der Waals surface area contributed by atoms with Crippen LogP contribution in [0.25, 0.3) is 11.0 Å². The molecule has 1 heterocycles. The summed E-state index contributed by atoms with van der Waals surface area (Å²) in [6, 6.07) is 3.90. The van der Waals surface area contributed by atoms with E-state index in [0.29, 0.717) is 0 Å². The molecule has 0 spiro atoms. The van der Waals surface area contributed by atoms with Crippen molar-refractivity contribution in [3.8, 4) is 0 Å². The normalized spacial score (nSPS) is 12.3. The third-order valence-corrected chi connectivity index (χ3v) is 2.02. The molecule has 1 aromatic carbocycles. The fourth-order valence-corrected chi connectivity index (χ4v) is 1.43. The van der Waals surface area contributed by atoms with Crippen LogP contribution in [0.5, 0.6) is 0 Å². The monoisotopic (exact) mass is 218 g/mol. The molecule has 2 aromatic rings. The summed E-state index contributed by atoms with van der Waals surface area (Å²) >= 11 is 0. The summed E-state index contributed by atoms with van der Waals surface area (Å²) in [4.78, 5) is 0. The van der Waals surface area contributed by atoms with Gasteiger partial charge >= 0.3 is 6.18 Å². The van der Waals surface area contributed by atoms with Crippen LogP contribution in [0.15, 0.2) is 28.9 Å². The average molecular weight is 218 g/mol. The Kier molecular flexibility index (Phi) is 2.17. The van der Waals surface area contributed by atoms with Gasteiger partial charge in [0.15, 0.2) is 11.4 Å². The minimum Gasteiger partial charge on any atom is -0.461 e. The van der Waals surface area contributed by atoms with Gasteiger partial charge in [0.2, 0.25) is 0 Å². The minimum atomic E-state index is -4.32. The van der Waals surface area contributed by atoms with Crippen LogP contribution >= 0.6 is 0 Å². The Morgan fingerprint density at radius 3 is 2.60 bits per heavy atom. The van der Waals surface area contributed by atoms with Crippen molar-refractivity contribution in [2.75, 3.05) is 0 Å². The topological polar surface area (TPSA) is 13.1 Å². The first-order valence-electron chi connectivity index (χ1n) is 4.19. The van der Waals surface area contributed by atoms with Crippen molar-refractivity contribution in [3.05, 3.63) is 35.8 Å². The number of rotatable bonds is 1. The Hall–Kier alpha value is -1.52. The highest BCUT2D eigenvalue weighted by Gasteiger charge is 2.29. The lowest BCUT2D eigenvalue weighted by Crippen LogP contribution is -2.10. The largest absolute Gasteiger partial charge is 0.461 e. The third kappa shape index (κ3) is 1.95. The van der Waals surface area contributed by atoms with Crippen molar-refractivity contribution in [2.24, 2.45) is 0 Å². The predicted octanol–water partition coefficient (Wildman–Crippen LogP) is 3.68. The van der Waals surface area contributed by atoms with Crippen LogP contribution < -0.4 is 0 Å². The lowest BCUT2D eigenvalue weighted by Gasteiger charge is -2.03. The first kappa shape index (κ1) is 10.0. The minimum absolute atomic E-state index is 0.0444. The van der Waals surface area contributed by atoms with Crippen LogP contribution in [0.2, 0.25) is 0 Å². The predicted molar refractivity (Wildman–Crippen MR) is 45.9 cm³/mol. The molecule has 2 rings (SSSR count). The Morgan fingerprint density at radius 1 is 1.20 bits per heavy atom. The van der Waals surface area contributed by atoms with Gasteiger partial charge in [-0.3, -0.25) is 0 Å². The molecule has 1 nitrogen and oxygen atoms in total. The Labute approximate surface area is 82.3 Å². The molecule has 15 heavy (non-hydrogen) atoms. The SMILES string of the molecule is Fc1cccc2c(CC(F)(F)F)coc12. The second-order valence-electron chi connectivity index (χ2n) is 3.17. The summed E-state index contributed by atoms with van der Waals surface area (Å²) in [6.45, 7) is 0. The zero-order chi connectivity index (χ0) is 11.1. The van der Waals surface area contributed by atoms with Crippen molar-refractivity contribution in [1.82, 2.24) is 0 Å². The van der Waals surface area contributed by atoms with Gasteiger partial charge < -0.3 is 4.42 Å². The number of hydrogen-bond donors (Lipinski definition) is 0. The molecule has 0 aliphatic heterocycles. The fourth-order valence-electron chi connectivity index (χ4n) is 1.43. The number of benzene rings is 1. The van der Waals surface area contributed by atoms with Gasteiger partial charge in [0, 0.05) is 10.9 Å². The van der Waals surface area contributed by atoms with Gasteiger partial charge in [-0.25, -0.2) is 4.39 Å². The lowest BCUT2D eigenvalue weighted by atomic mass is 10.1. The number of para-hydroxylation sites is 1. The zero-order valence-electron chi connectivity index (χ0n) is 7.44. The summed E-state index contributed by atoms with van der Waals surface area (Å²) in [6.07, 6.45) is -4.48. The standard InChI is InChI=1S/C10H6F4O/c11-8-3-1-2-7-6(4-10(12,13)14)5-15-9(7)8/h1-3,5H,4H2. The molecule has 1 aromatic heterocycles. The number of fused-ring (bicyclic) bond motifs is 1. The van der Waals surface area contributed by atoms with E-state index < -0.39 is 18.4 Å². The Morgan fingerprint density at radius 2 is 1.93 bits per heavy atom. The molecule has 0 bridgehead atoms. The van der Waals surface area contributed by atoms with Crippen LogP contribution in [-0.4, -0.2) is 6.18 Å². The van der Waals surface area contributed by atoms with Crippen LogP contribution in [0, 0.1) is 5.82 Å². The molecule has 0 radical (unpaired) electrons. The van der Waals surface area contributed by atoms with Crippen molar-refractivity contribution >= 4 is 11.0 Å². The van der Waals surface area contributed by atoms with Gasteiger partial charge in [-0.2, -0.15) is 13.2 Å². The van der Waals surface area contributed by atoms with Gasteiger partial charge in [0.1, 0.15) is 0 Å². The molecular formula is C10H6F4O. The highest BCUT2D eigenvalue weighted by Crippen LogP contribution is 2.29. The first-order chi connectivity index (χ1) is 6.97. The van der Waals surface area contributed by atoms with E-state index in [0.717, 1.165) is 12.3 Å². The highest BCUT2D eigenvalue weighted by atomic mass is 19.4. The molecule has 0 amide bonds. The molecule has 0 unspecified atom stereocenters. The molecule has 0 atom stereocenters. The second-order valence-corrected chi connectivity index (χ2v) is 3.17. The smallest absolute Gasteiger partial charge is 0.393 e. The lowest BCUT2D eigenvalue weighted by molar-refractivity contribution is -0.127. The molecule has 80 valence electrons. The Bertz CT molecular complexity index is 484. The highest BCUT2D eigenvalue weighted by molar-refractivity contribution is 5.81. The first-order valence-corrected chi connectivity index (χ1v) is 4.19. The molecule has 0 N–H and O–H groups in total. The summed E-state index contributed by atoms with van der Waals surface area (Å²) in [5, 5.41) is 0.173. The maximum atomic E-state index is 13.1. The maximum absolute atomic E-state index is 13.1. The number of halogens is 4. The maximum Gasteiger partial charge on any atom is 0.393 e. The second kappa shape index (κ2) is 3.25. The van der Waals surface area contributed by atoms with E-state index in [-0.39, 0.29) is 16.5 Å². The molecule has 0 saturated carbocycles. The van der Waals surface area contributed by atoms with Gasteiger partial charge in [-0.05, 0) is 6.07 Å². The number of alkyl halides is 3. The van der Waals surface area contributed by atoms with Crippen LogP contribution in [-0.2, 0) is 6.42 Å². The van der Waals surface area contributed by atoms with Gasteiger partial charge in [0.05, 0.1) is 12.7 Å². The molecule has 0 fully saturated rings. The van der Waals surface area contributed by atoms with Crippen LogP contribution in [0.3, 0.4) is 0 Å². The summed E-state index contributed by atoms with van der Waals surface area (Å²) < 4.78 is 54.1. The molecule has 5 heteroatoms. The van der Waals surface area contributed by atoms with Gasteiger partial charge in [-0.1, -0.05) is 12.1 Å². The number of hydrogen-bond acceptors (Lipinski definition) is 1. The van der Waals surface area contributed by atoms with Crippen molar-refractivity contribution in [1.29, 1.82) is 0 Å². The van der Waals surface area contributed by atoms with Gasteiger partial charge in [0.25, 0.3) is 0 Å². The van der Waals surface area contributed by atoms with Crippen LogP contribution in [0.1, 0.15) is 5.56 Å². The molecular weight excluding hydrogens is 212 g/mol. The summed E-state index contributed by atoms with van der Waals surface area (Å²) in [5.41, 5.74) is -0.172.